The van der Waals surface area contributed by atoms with E-state index in [0.717, 1.165) is 43.5 Å². The van der Waals surface area contributed by atoms with Gasteiger partial charge in [0.15, 0.2) is 0 Å². The predicted octanol–water partition coefficient (Wildman–Crippen LogP) is 6.36. The predicted molar refractivity (Wildman–Crippen MR) is 163 cm³/mol. The van der Waals surface area contributed by atoms with Crippen molar-refractivity contribution < 1.29 is 9.90 Å². The largest absolute Gasteiger partial charge is 0.507 e. The molecule has 0 bridgehead atoms. The Morgan fingerprint density at radius 1 is 0.878 bits per heavy atom. The average molecular weight is 593 g/mol. The van der Waals surface area contributed by atoms with Crippen molar-refractivity contribution >= 4 is 76.6 Å². The lowest BCUT2D eigenvalue weighted by atomic mass is 9.95. The van der Waals surface area contributed by atoms with Crippen molar-refractivity contribution in [1.82, 2.24) is 24.9 Å². The first-order valence-corrected chi connectivity index (χ1v) is 15.0. The monoisotopic (exact) mass is 592 g/mol. The van der Waals surface area contributed by atoms with Gasteiger partial charge in [-0.15, -0.1) is 22.7 Å². The lowest BCUT2D eigenvalue weighted by Crippen LogP contribution is -2.24. The second kappa shape index (κ2) is 9.20. The van der Waals surface area contributed by atoms with Gasteiger partial charge in [0.2, 0.25) is 5.12 Å². The highest BCUT2D eigenvalue weighted by Gasteiger charge is 2.33. The van der Waals surface area contributed by atoms with Crippen molar-refractivity contribution in [3.05, 3.63) is 87.9 Å². The van der Waals surface area contributed by atoms with Gasteiger partial charge in [-0.3, -0.25) is 9.59 Å². The Morgan fingerprint density at radius 2 is 1.76 bits per heavy atom. The molecule has 12 heteroatoms. The van der Waals surface area contributed by atoms with E-state index in [1.807, 2.05) is 30.3 Å². The van der Waals surface area contributed by atoms with Gasteiger partial charge in [-0.05, 0) is 53.0 Å². The Morgan fingerprint density at radius 3 is 2.68 bits per heavy atom. The highest BCUT2D eigenvalue weighted by molar-refractivity contribution is 8.13. The summed E-state index contributed by atoms with van der Waals surface area (Å²) in [6, 6.07) is 14.0. The summed E-state index contributed by atoms with van der Waals surface area (Å²) in [6.07, 6.45) is 3.37. The third kappa shape index (κ3) is 3.90. The fourth-order valence-electron chi connectivity index (χ4n) is 5.18. The molecule has 0 saturated heterocycles. The SMILES string of the molecule is O=C1Sc2ncc(-c3cc4cccc(O)c4c(=O)[nH]3)c(-c3ccc4scnc4c3)c2NC1c1cnc2scnc2c1. The molecule has 0 aliphatic carbocycles. The number of carbonyl (C=O) groups excluding carboxylic acids is 1. The van der Waals surface area contributed by atoms with Gasteiger partial charge in [0.1, 0.15) is 27.2 Å². The Hall–Kier alpha value is -4.65. The zero-order valence-corrected chi connectivity index (χ0v) is 23.2. The Bertz CT molecular complexity index is 2260. The van der Waals surface area contributed by atoms with Crippen LogP contribution in [-0.2, 0) is 4.79 Å². The second-order valence-electron chi connectivity index (χ2n) is 9.46. The highest BCUT2D eigenvalue weighted by atomic mass is 32.2. The number of aromatic hydroxyl groups is 1. The van der Waals surface area contributed by atoms with Crippen LogP contribution in [-0.4, -0.2) is 35.1 Å². The first kappa shape index (κ1) is 24.2. The number of nitrogens with one attached hydrogen (secondary N) is 2. The number of phenolic OH excluding ortho intramolecular Hbond substituents is 1. The maximum absolute atomic E-state index is 13.3. The molecule has 2 aromatic carbocycles. The van der Waals surface area contributed by atoms with Gasteiger partial charge in [0.05, 0.1) is 38.0 Å². The minimum absolute atomic E-state index is 0.0850. The van der Waals surface area contributed by atoms with E-state index < -0.39 is 11.6 Å². The van der Waals surface area contributed by atoms with E-state index in [1.165, 1.54) is 17.4 Å². The molecule has 0 spiro atoms. The summed E-state index contributed by atoms with van der Waals surface area (Å²) in [7, 11) is 0. The Kier molecular flexibility index (Phi) is 5.42. The summed E-state index contributed by atoms with van der Waals surface area (Å²) in [6.45, 7) is 0. The van der Waals surface area contributed by atoms with Crippen molar-refractivity contribution in [1.29, 1.82) is 0 Å². The number of nitrogens with zero attached hydrogens (tertiary/aromatic N) is 4. The minimum atomic E-state index is -0.683. The van der Waals surface area contributed by atoms with Crippen LogP contribution in [0, 0.1) is 0 Å². The van der Waals surface area contributed by atoms with E-state index in [0.29, 0.717) is 32.9 Å². The molecule has 198 valence electrons. The van der Waals surface area contributed by atoms with Crippen LogP contribution in [0.1, 0.15) is 11.6 Å². The number of rotatable bonds is 3. The molecule has 1 unspecified atom stereocenters. The summed E-state index contributed by atoms with van der Waals surface area (Å²) in [5, 5.41) is 15.0. The van der Waals surface area contributed by atoms with Crippen LogP contribution in [0.4, 0.5) is 5.69 Å². The smallest absolute Gasteiger partial charge is 0.260 e. The number of thiazole rings is 2. The van der Waals surface area contributed by atoms with E-state index in [9.17, 15) is 14.7 Å². The lowest BCUT2D eigenvalue weighted by Gasteiger charge is -2.28. The van der Waals surface area contributed by atoms with Gasteiger partial charge in [0.25, 0.3) is 5.56 Å². The number of hydrogen-bond donors (Lipinski definition) is 3. The Balaban J connectivity index is 1.36. The maximum atomic E-state index is 13.3. The van der Waals surface area contributed by atoms with Crippen LogP contribution in [0.15, 0.2) is 81.8 Å². The van der Waals surface area contributed by atoms with Crippen molar-refractivity contribution in [2.75, 3.05) is 5.32 Å². The van der Waals surface area contributed by atoms with Crippen molar-refractivity contribution in [2.24, 2.45) is 0 Å². The van der Waals surface area contributed by atoms with Crippen LogP contribution in [0.3, 0.4) is 0 Å². The first-order chi connectivity index (χ1) is 20.0. The normalized spacial score (nSPS) is 14.9. The minimum Gasteiger partial charge on any atom is -0.507 e. The number of fused-ring (bicyclic) bond motifs is 4. The van der Waals surface area contributed by atoms with Gasteiger partial charge in [0, 0.05) is 29.1 Å². The molecule has 8 rings (SSSR count). The van der Waals surface area contributed by atoms with Crippen LogP contribution in [0.2, 0.25) is 0 Å². The fraction of sp³-hybridized carbons (Fsp3) is 0.0345. The first-order valence-electron chi connectivity index (χ1n) is 12.4. The van der Waals surface area contributed by atoms with Crippen molar-refractivity contribution in [3.8, 4) is 28.1 Å². The van der Waals surface area contributed by atoms with Gasteiger partial charge in [-0.25, -0.2) is 19.9 Å². The number of aromatic amines is 1. The van der Waals surface area contributed by atoms with Gasteiger partial charge in [-0.1, -0.05) is 18.2 Å². The molecule has 0 fully saturated rings. The zero-order chi connectivity index (χ0) is 27.7. The van der Waals surface area contributed by atoms with Gasteiger partial charge >= 0.3 is 0 Å². The molecule has 9 nitrogen and oxygen atoms in total. The van der Waals surface area contributed by atoms with E-state index in [4.69, 9.17) is 0 Å². The molecule has 1 aliphatic rings. The molecular formula is C29H16N6O3S3. The standard InChI is InChI=1S/C29H16N6O3S3/c36-20-3-1-2-13-6-17(34-26(37)23(13)20)16-10-31-28-25(22(16)14-4-5-21-18(7-14)32-11-39-21)35-24(29(38)41-28)15-8-19-27(30-9-15)40-12-33-19/h1-12,24,35-36H,(H,34,37). The fourth-order valence-corrected chi connectivity index (χ4v) is 7.32. The third-order valence-electron chi connectivity index (χ3n) is 7.07. The number of pyridine rings is 3. The van der Waals surface area contributed by atoms with Crippen molar-refractivity contribution in [2.45, 2.75) is 11.1 Å². The van der Waals surface area contributed by atoms with E-state index in [1.54, 1.807) is 46.9 Å². The zero-order valence-electron chi connectivity index (χ0n) is 20.8. The molecular weight excluding hydrogens is 577 g/mol. The second-order valence-corrected chi connectivity index (χ2v) is 12.2. The molecule has 5 aromatic heterocycles. The van der Waals surface area contributed by atoms with E-state index in [2.05, 4.69) is 30.2 Å². The molecule has 0 amide bonds. The number of benzene rings is 2. The number of phenols is 1. The topological polar surface area (TPSA) is 134 Å². The molecule has 1 atom stereocenters. The quantitative estimate of drug-likeness (QED) is 0.214. The number of hydrogen-bond acceptors (Lipinski definition) is 11. The third-order valence-corrected chi connectivity index (χ3v) is 9.57. The number of H-pyrrole nitrogens is 1. The van der Waals surface area contributed by atoms with E-state index in [-0.39, 0.29) is 16.3 Å². The number of anilines is 1. The molecule has 0 saturated carbocycles. The van der Waals surface area contributed by atoms with Crippen LogP contribution >= 0.6 is 34.4 Å². The summed E-state index contributed by atoms with van der Waals surface area (Å²) in [4.78, 5) is 48.2. The summed E-state index contributed by atoms with van der Waals surface area (Å²) < 4.78 is 1.05. The highest BCUT2D eigenvalue weighted by Crippen LogP contribution is 2.47. The molecule has 6 heterocycles. The number of aromatic nitrogens is 5. The van der Waals surface area contributed by atoms with Crippen LogP contribution in [0.5, 0.6) is 5.75 Å². The molecule has 7 aromatic rings. The maximum Gasteiger partial charge on any atom is 0.260 e. The molecule has 0 radical (unpaired) electrons. The summed E-state index contributed by atoms with van der Waals surface area (Å²) in [5.74, 6) is -0.0850. The lowest BCUT2D eigenvalue weighted by molar-refractivity contribution is -0.111. The van der Waals surface area contributed by atoms with E-state index >= 15 is 0 Å². The molecule has 1 aliphatic heterocycles. The molecule has 41 heavy (non-hydrogen) atoms. The average Bonchev–Trinajstić information content (AvgIpc) is 3.65. The van der Waals surface area contributed by atoms with Crippen LogP contribution < -0.4 is 10.9 Å². The van der Waals surface area contributed by atoms with Crippen LogP contribution in [0.25, 0.3) is 53.7 Å². The Labute approximate surface area is 243 Å². The van der Waals surface area contributed by atoms with Gasteiger partial charge < -0.3 is 15.4 Å². The summed E-state index contributed by atoms with van der Waals surface area (Å²) in [5.41, 5.74) is 8.88. The van der Waals surface area contributed by atoms with Crippen molar-refractivity contribution in [3.63, 3.8) is 0 Å². The molecule has 3 N–H and O–H groups in total. The number of thioether (sulfide) groups is 1. The van der Waals surface area contributed by atoms with Gasteiger partial charge in [-0.2, -0.15) is 0 Å². The summed E-state index contributed by atoms with van der Waals surface area (Å²) >= 11 is 4.07. The number of carbonyl (C=O) groups is 1.